The van der Waals surface area contributed by atoms with E-state index in [2.05, 4.69) is 5.10 Å². The van der Waals surface area contributed by atoms with Gasteiger partial charge >= 0.3 is 5.97 Å². The highest BCUT2D eigenvalue weighted by Crippen LogP contribution is 2.17. The average molecular weight is 269 g/mol. The lowest BCUT2D eigenvalue weighted by Crippen LogP contribution is -2.07. The van der Waals surface area contributed by atoms with E-state index < -0.39 is 11.8 Å². The van der Waals surface area contributed by atoms with Crippen molar-refractivity contribution in [3.8, 4) is 0 Å². The largest absolute Gasteiger partial charge is 0.478 e. The first-order chi connectivity index (χ1) is 8.49. The molecule has 0 bridgehead atoms. The van der Waals surface area contributed by atoms with Gasteiger partial charge in [0.15, 0.2) is 0 Å². The Labute approximate surface area is 108 Å². The summed E-state index contributed by atoms with van der Waals surface area (Å²) in [6.07, 6.45) is 1.26. The molecule has 1 aromatic carbocycles. The van der Waals surface area contributed by atoms with Gasteiger partial charge in [-0.15, -0.1) is 0 Å². The number of carboxylic acids is 1. The highest BCUT2D eigenvalue weighted by Gasteiger charge is 2.13. The molecule has 0 amide bonds. The van der Waals surface area contributed by atoms with Crippen LogP contribution in [0.3, 0.4) is 0 Å². The highest BCUT2D eigenvalue weighted by atomic mass is 35.5. The molecule has 1 aromatic heterocycles. The second kappa shape index (κ2) is 4.78. The molecule has 0 atom stereocenters. The quantitative estimate of drug-likeness (QED) is 0.931. The van der Waals surface area contributed by atoms with Crippen molar-refractivity contribution in [2.75, 3.05) is 0 Å². The summed E-state index contributed by atoms with van der Waals surface area (Å²) in [5.74, 6) is -1.48. The molecule has 0 aliphatic carbocycles. The minimum absolute atomic E-state index is 0.115. The van der Waals surface area contributed by atoms with Crippen LogP contribution in [0.4, 0.5) is 4.39 Å². The second-order valence-corrected chi connectivity index (χ2v) is 4.28. The van der Waals surface area contributed by atoms with Crippen molar-refractivity contribution in [1.29, 1.82) is 0 Å². The number of aromatic nitrogens is 2. The van der Waals surface area contributed by atoms with Crippen LogP contribution in [0, 0.1) is 12.7 Å². The Morgan fingerprint density at radius 3 is 2.83 bits per heavy atom. The van der Waals surface area contributed by atoms with Crippen LogP contribution in [-0.2, 0) is 6.54 Å². The first-order valence-electron chi connectivity index (χ1n) is 5.18. The number of hydrogen-bond donors (Lipinski definition) is 1. The summed E-state index contributed by atoms with van der Waals surface area (Å²) < 4.78 is 15.0. The predicted molar refractivity (Wildman–Crippen MR) is 64.4 cm³/mol. The van der Waals surface area contributed by atoms with Crippen LogP contribution in [-0.4, -0.2) is 20.9 Å². The Morgan fingerprint density at radius 1 is 1.56 bits per heavy atom. The zero-order chi connectivity index (χ0) is 13.3. The maximum absolute atomic E-state index is 13.6. The van der Waals surface area contributed by atoms with Crippen molar-refractivity contribution in [3.05, 3.63) is 52.1 Å². The SMILES string of the molecule is Cc1c(C(=O)O)cnn1Cc1ccc(Cl)cc1F. The number of hydrogen-bond acceptors (Lipinski definition) is 2. The fourth-order valence-corrected chi connectivity index (χ4v) is 1.79. The Bertz CT molecular complexity index is 610. The van der Waals surface area contributed by atoms with Gasteiger partial charge in [-0.25, -0.2) is 9.18 Å². The third kappa shape index (κ3) is 2.36. The molecule has 6 heteroatoms. The van der Waals surface area contributed by atoms with Gasteiger partial charge in [0.1, 0.15) is 11.4 Å². The van der Waals surface area contributed by atoms with Crippen molar-refractivity contribution < 1.29 is 14.3 Å². The second-order valence-electron chi connectivity index (χ2n) is 3.84. The van der Waals surface area contributed by atoms with E-state index in [1.807, 2.05) is 0 Å². The lowest BCUT2D eigenvalue weighted by atomic mass is 10.2. The Hall–Kier alpha value is -1.88. The van der Waals surface area contributed by atoms with E-state index in [1.165, 1.54) is 16.9 Å². The molecule has 0 saturated heterocycles. The summed E-state index contributed by atoms with van der Waals surface area (Å²) in [6.45, 7) is 1.80. The van der Waals surface area contributed by atoms with Crippen LogP contribution < -0.4 is 0 Å². The van der Waals surface area contributed by atoms with E-state index in [1.54, 1.807) is 19.1 Å². The molecule has 2 aromatic rings. The van der Waals surface area contributed by atoms with E-state index in [0.717, 1.165) is 0 Å². The molecule has 0 unspecified atom stereocenters. The van der Waals surface area contributed by atoms with E-state index in [-0.39, 0.29) is 12.1 Å². The Balaban J connectivity index is 2.32. The smallest absolute Gasteiger partial charge is 0.339 e. The monoisotopic (exact) mass is 268 g/mol. The molecule has 94 valence electrons. The van der Waals surface area contributed by atoms with Crippen molar-refractivity contribution in [2.45, 2.75) is 13.5 Å². The number of carboxylic acid groups (broad SMARTS) is 1. The summed E-state index contributed by atoms with van der Waals surface area (Å²) in [4.78, 5) is 10.9. The molecule has 0 aliphatic rings. The lowest BCUT2D eigenvalue weighted by molar-refractivity contribution is 0.0696. The lowest BCUT2D eigenvalue weighted by Gasteiger charge is -2.06. The number of nitrogens with zero attached hydrogens (tertiary/aromatic N) is 2. The summed E-state index contributed by atoms with van der Waals surface area (Å²) >= 11 is 5.66. The molecule has 0 spiro atoms. The van der Waals surface area contributed by atoms with Gasteiger partial charge in [0.25, 0.3) is 0 Å². The zero-order valence-corrected chi connectivity index (χ0v) is 10.3. The van der Waals surface area contributed by atoms with Crippen molar-refractivity contribution in [2.24, 2.45) is 0 Å². The molecule has 4 nitrogen and oxygen atoms in total. The molecule has 2 rings (SSSR count). The number of rotatable bonds is 3. The van der Waals surface area contributed by atoms with E-state index >= 15 is 0 Å². The summed E-state index contributed by atoms with van der Waals surface area (Å²) in [7, 11) is 0. The Morgan fingerprint density at radius 2 is 2.28 bits per heavy atom. The van der Waals surface area contributed by atoms with Gasteiger partial charge < -0.3 is 5.11 Å². The van der Waals surface area contributed by atoms with Crippen molar-refractivity contribution >= 4 is 17.6 Å². The van der Waals surface area contributed by atoms with Gasteiger partial charge in [-0.05, 0) is 19.1 Å². The maximum Gasteiger partial charge on any atom is 0.339 e. The molecular weight excluding hydrogens is 259 g/mol. The first-order valence-corrected chi connectivity index (χ1v) is 5.56. The summed E-state index contributed by atoms with van der Waals surface area (Å²) in [5.41, 5.74) is 1.00. The normalized spacial score (nSPS) is 10.6. The molecule has 1 N–H and O–H groups in total. The van der Waals surface area contributed by atoms with Crippen LogP contribution in [0.2, 0.25) is 5.02 Å². The molecule has 0 aliphatic heterocycles. The van der Waals surface area contributed by atoms with Gasteiger partial charge in [0, 0.05) is 10.6 Å². The van der Waals surface area contributed by atoms with Crippen LogP contribution >= 0.6 is 11.6 Å². The number of halogens is 2. The van der Waals surface area contributed by atoms with Crippen LogP contribution in [0.5, 0.6) is 0 Å². The predicted octanol–water partition coefficient (Wildman–Crippen LogP) is 2.73. The van der Waals surface area contributed by atoms with Gasteiger partial charge in [-0.2, -0.15) is 5.10 Å². The summed E-state index contributed by atoms with van der Waals surface area (Å²) in [5, 5.41) is 13.1. The van der Waals surface area contributed by atoms with Gasteiger partial charge in [0.2, 0.25) is 0 Å². The standard InChI is InChI=1S/C12H10ClFN2O2/c1-7-10(12(17)18)5-15-16(7)6-8-2-3-9(13)4-11(8)14/h2-5H,6H2,1H3,(H,17,18). The fourth-order valence-electron chi connectivity index (χ4n) is 1.63. The average Bonchev–Trinajstić information content (AvgIpc) is 2.64. The topological polar surface area (TPSA) is 55.1 Å². The molecule has 18 heavy (non-hydrogen) atoms. The van der Waals surface area contributed by atoms with Crippen LogP contribution in [0.1, 0.15) is 21.6 Å². The van der Waals surface area contributed by atoms with Crippen LogP contribution in [0.25, 0.3) is 0 Å². The van der Waals surface area contributed by atoms with Gasteiger partial charge in [-0.1, -0.05) is 17.7 Å². The van der Waals surface area contributed by atoms with E-state index in [4.69, 9.17) is 16.7 Å². The van der Waals surface area contributed by atoms with Crippen molar-refractivity contribution in [1.82, 2.24) is 9.78 Å². The molecule has 0 radical (unpaired) electrons. The van der Waals surface area contributed by atoms with Crippen molar-refractivity contribution in [3.63, 3.8) is 0 Å². The number of carbonyl (C=O) groups is 1. The first kappa shape index (κ1) is 12.6. The number of benzene rings is 1. The molecule has 0 saturated carbocycles. The molecular formula is C12H10ClFN2O2. The third-order valence-electron chi connectivity index (χ3n) is 2.67. The van der Waals surface area contributed by atoms with Gasteiger partial charge in [-0.3, -0.25) is 4.68 Å². The molecule has 1 heterocycles. The highest BCUT2D eigenvalue weighted by molar-refractivity contribution is 6.30. The minimum atomic E-state index is -1.05. The van der Waals surface area contributed by atoms with Gasteiger partial charge in [0.05, 0.1) is 18.4 Å². The molecule has 0 fully saturated rings. The van der Waals surface area contributed by atoms with E-state index in [0.29, 0.717) is 16.3 Å². The number of aromatic carboxylic acids is 1. The minimum Gasteiger partial charge on any atom is -0.478 e. The van der Waals surface area contributed by atoms with E-state index in [9.17, 15) is 9.18 Å². The fraction of sp³-hybridized carbons (Fsp3) is 0.167. The zero-order valence-electron chi connectivity index (χ0n) is 9.52. The third-order valence-corrected chi connectivity index (χ3v) is 2.90. The maximum atomic E-state index is 13.6. The Kier molecular flexibility index (Phi) is 3.34. The summed E-state index contributed by atoms with van der Waals surface area (Å²) in [6, 6.07) is 4.35. The van der Waals surface area contributed by atoms with Crippen LogP contribution in [0.15, 0.2) is 24.4 Å².